The molecule has 0 bridgehead atoms. The first-order valence-corrected chi connectivity index (χ1v) is 14.7. The largest absolute Gasteiger partial charge is 0.444 e. The topological polar surface area (TPSA) is 64.0 Å². The molecule has 2 saturated heterocycles. The zero-order valence-electron chi connectivity index (χ0n) is 24.3. The molecule has 2 aromatic rings. The average molecular weight is 526 g/mol. The molecule has 2 amide bonds. The molecule has 0 radical (unpaired) electrons. The van der Waals surface area contributed by atoms with E-state index in [0.29, 0.717) is 24.9 Å². The Hall–Kier alpha value is -2.54. The van der Waals surface area contributed by atoms with Crippen molar-refractivity contribution in [3.05, 3.63) is 35.0 Å². The zero-order chi connectivity index (χ0) is 27.4. The van der Waals surface area contributed by atoms with Crippen LogP contribution in [0.2, 0.25) is 0 Å². The fraction of sp³-hybridized carbons (Fsp3) is 0.677. The summed E-state index contributed by atoms with van der Waals surface area (Å²) in [5.41, 5.74) is 3.85. The normalized spacial score (nSPS) is 19.1. The Morgan fingerprint density at radius 1 is 1.00 bits per heavy atom. The van der Waals surface area contributed by atoms with Crippen LogP contribution in [0.15, 0.2) is 18.2 Å². The van der Waals surface area contributed by atoms with E-state index in [1.165, 1.54) is 11.2 Å². The van der Waals surface area contributed by atoms with Gasteiger partial charge >= 0.3 is 6.09 Å². The molecule has 7 heteroatoms. The SMILES string of the molecule is CC.CC1CCN(C(=O)c2ccc3c(c2)c2c(n3CC3CCOCC3)CCN(C(=O)OC(C)(C)C)C2)CC1. The number of benzene rings is 1. The van der Waals surface area contributed by atoms with E-state index in [2.05, 4.69) is 23.6 Å². The van der Waals surface area contributed by atoms with Crippen LogP contribution in [0, 0.1) is 11.8 Å². The summed E-state index contributed by atoms with van der Waals surface area (Å²) in [4.78, 5) is 30.1. The van der Waals surface area contributed by atoms with Crippen molar-refractivity contribution >= 4 is 22.9 Å². The lowest BCUT2D eigenvalue weighted by Crippen LogP contribution is -2.40. The van der Waals surface area contributed by atoms with E-state index < -0.39 is 5.60 Å². The lowest BCUT2D eigenvalue weighted by atomic mass is 9.98. The quantitative estimate of drug-likeness (QED) is 0.475. The summed E-state index contributed by atoms with van der Waals surface area (Å²) in [6, 6.07) is 6.21. The van der Waals surface area contributed by atoms with Crippen molar-refractivity contribution in [2.75, 3.05) is 32.8 Å². The van der Waals surface area contributed by atoms with Crippen molar-refractivity contribution in [2.24, 2.45) is 11.8 Å². The maximum absolute atomic E-state index is 13.4. The van der Waals surface area contributed by atoms with Crippen LogP contribution in [0.3, 0.4) is 0 Å². The first-order valence-electron chi connectivity index (χ1n) is 14.7. The Morgan fingerprint density at radius 3 is 2.34 bits per heavy atom. The predicted octanol–water partition coefficient (Wildman–Crippen LogP) is 6.26. The van der Waals surface area contributed by atoms with Crippen LogP contribution in [0.25, 0.3) is 10.9 Å². The number of amides is 2. The van der Waals surface area contributed by atoms with Gasteiger partial charge in [-0.3, -0.25) is 4.79 Å². The molecule has 0 spiro atoms. The van der Waals surface area contributed by atoms with Gasteiger partial charge in [0.1, 0.15) is 5.60 Å². The molecular formula is C31H47N3O4. The van der Waals surface area contributed by atoms with Crippen molar-refractivity contribution in [3.8, 4) is 0 Å². The van der Waals surface area contributed by atoms with Crippen LogP contribution >= 0.6 is 0 Å². The Balaban J connectivity index is 0.00000164. The van der Waals surface area contributed by atoms with Gasteiger partial charge in [0.05, 0.1) is 6.54 Å². The molecule has 0 aliphatic carbocycles. The second-order valence-corrected chi connectivity index (χ2v) is 12.0. The van der Waals surface area contributed by atoms with Crippen LogP contribution in [-0.4, -0.2) is 64.8 Å². The third kappa shape index (κ3) is 6.36. The van der Waals surface area contributed by atoms with Crippen LogP contribution in [-0.2, 0) is 29.0 Å². The predicted molar refractivity (Wildman–Crippen MR) is 151 cm³/mol. The van der Waals surface area contributed by atoms with Crippen molar-refractivity contribution < 1.29 is 19.1 Å². The number of carbonyl (C=O) groups excluding carboxylic acids is 2. The number of piperidine rings is 1. The fourth-order valence-corrected chi connectivity index (χ4v) is 5.86. The smallest absolute Gasteiger partial charge is 0.410 e. The summed E-state index contributed by atoms with van der Waals surface area (Å²) in [5, 5.41) is 1.10. The maximum atomic E-state index is 13.4. The number of rotatable bonds is 3. The Bertz CT molecular complexity index is 1120. The molecule has 3 aliphatic heterocycles. The van der Waals surface area contributed by atoms with Gasteiger partial charge in [-0.1, -0.05) is 20.8 Å². The summed E-state index contributed by atoms with van der Waals surface area (Å²) >= 11 is 0. The summed E-state index contributed by atoms with van der Waals surface area (Å²) in [5.74, 6) is 1.38. The Morgan fingerprint density at radius 2 is 1.68 bits per heavy atom. The van der Waals surface area contributed by atoms with Gasteiger partial charge in [0.2, 0.25) is 0 Å². The van der Waals surface area contributed by atoms with Gasteiger partial charge in [0.15, 0.2) is 0 Å². The summed E-state index contributed by atoms with van der Waals surface area (Å²) in [7, 11) is 0. The van der Waals surface area contributed by atoms with Crippen LogP contribution in [0.1, 0.15) is 88.8 Å². The van der Waals surface area contributed by atoms with E-state index in [1.807, 2.05) is 50.5 Å². The van der Waals surface area contributed by atoms with E-state index in [-0.39, 0.29) is 12.0 Å². The van der Waals surface area contributed by atoms with Crippen LogP contribution in [0.5, 0.6) is 0 Å². The minimum absolute atomic E-state index is 0.120. The minimum atomic E-state index is -0.528. The van der Waals surface area contributed by atoms with Gasteiger partial charge in [-0.2, -0.15) is 0 Å². The first-order chi connectivity index (χ1) is 18.2. The highest BCUT2D eigenvalue weighted by Gasteiger charge is 2.31. The highest BCUT2D eigenvalue weighted by Crippen LogP contribution is 2.34. The summed E-state index contributed by atoms with van der Waals surface area (Å²) < 4.78 is 13.7. The highest BCUT2D eigenvalue weighted by molar-refractivity contribution is 5.99. The average Bonchev–Trinajstić information content (AvgIpc) is 3.21. The molecule has 210 valence electrons. The fourth-order valence-electron chi connectivity index (χ4n) is 5.86. The molecule has 38 heavy (non-hydrogen) atoms. The molecule has 0 unspecified atom stereocenters. The van der Waals surface area contributed by atoms with Gasteiger partial charge in [-0.15, -0.1) is 0 Å². The number of hydrogen-bond donors (Lipinski definition) is 0. The number of hydrogen-bond acceptors (Lipinski definition) is 4. The van der Waals surface area contributed by atoms with E-state index in [9.17, 15) is 9.59 Å². The van der Waals surface area contributed by atoms with E-state index in [4.69, 9.17) is 9.47 Å². The van der Waals surface area contributed by atoms with Gasteiger partial charge < -0.3 is 23.8 Å². The zero-order valence-corrected chi connectivity index (χ0v) is 24.3. The molecule has 2 fully saturated rings. The standard InChI is InChI=1S/C29H41N3O4.C2H6/c1-20-7-12-30(13-8-20)27(33)22-5-6-25-23(17-22)24-19-31(28(34)36-29(2,3)4)14-9-26(24)32(25)18-21-10-15-35-16-11-21;1-2/h5-6,17,20-21H,7-16,18-19H2,1-4H3;1-2H3. The van der Waals surface area contributed by atoms with Gasteiger partial charge in [0, 0.05) is 73.5 Å². The molecule has 0 saturated carbocycles. The third-order valence-corrected chi connectivity index (χ3v) is 8.01. The molecule has 4 heterocycles. The lowest BCUT2D eigenvalue weighted by Gasteiger charge is -2.31. The molecule has 1 aromatic heterocycles. The maximum Gasteiger partial charge on any atom is 0.410 e. The number of fused-ring (bicyclic) bond motifs is 3. The monoisotopic (exact) mass is 525 g/mol. The van der Waals surface area contributed by atoms with Crippen molar-refractivity contribution in [2.45, 2.75) is 92.3 Å². The van der Waals surface area contributed by atoms with Crippen molar-refractivity contribution in [3.63, 3.8) is 0 Å². The van der Waals surface area contributed by atoms with E-state index in [1.54, 1.807) is 0 Å². The molecule has 1 aromatic carbocycles. The summed E-state index contributed by atoms with van der Waals surface area (Å²) in [6.45, 7) is 17.4. The molecule has 0 N–H and O–H groups in total. The minimum Gasteiger partial charge on any atom is -0.444 e. The molecule has 3 aliphatic rings. The lowest BCUT2D eigenvalue weighted by molar-refractivity contribution is 0.0222. The van der Waals surface area contributed by atoms with E-state index in [0.717, 1.165) is 81.5 Å². The number of carbonyl (C=O) groups is 2. The second kappa shape index (κ2) is 12.1. The second-order valence-electron chi connectivity index (χ2n) is 12.0. The molecular weight excluding hydrogens is 478 g/mol. The van der Waals surface area contributed by atoms with Crippen molar-refractivity contribution in [1.82, 2.24) is 14.4 Å². The van der Waals surface area contributed by atoms with Crippen LogP contribution in [0.4, 0.5) is 4.79 Å². The van der Waals surface area contributed by atoms with Gasteiger partial charge in [-0.25, -0.2) is 4.79 Å². The third-order valence-electron chi connectivity index (χ3n) is 8.01. The Kier molecular flexibility index (Phi) is 9.07. The first kappa shape index (κ1) is 28.5. The van der Waals surface area contributed by atoms with Crippen LogP contribution < -0.4 is 0 Å². The number of likely N-dealkylation sites (tertiary alicyclic amines) is 1. The van der Waals surface area contributed by atoms with Gasteiger partial charge in [-0.05, 0) is 76.5 Å². The number of ether oxygens (including phenoxy) is 2. The van der Waals surface area contributed by atoms with Gasteiger partial charge in [0.25, 0.3) is 5.91 Å². The molecule has 5 rings (SSSR count). The highest BCUT2D eigenvalue weighted by atomic mass is 16.6. The molecule has 7 nitrogen and oxygen atoms in total. The Labute approximate surface area is 228 Å². The summed E-state index contributed by atoms with van der Waals surface area (Å²) in [6.07, 6.45) is 4.80. The number of aromatic nitrogens is 1. The number of nitrogens with zero attached hydrogens (tertiary/aromatic N) is 3. The van der Waals surface area contributed by atoms with Crippen molar-refractivity contribution in [1.29, 1.82) is 0 Å². The molecule has 0 atom stereocenters. The van der Waals surface area contributed by atoms with E-state index >= 15 is 0 Å².